The number of ether oxygens (including phenoxy) is 1. The molecule has 0 aromatic heterocycles. The fourth-order valence-electron chi connectivity index (χ4n) is 2.58. The van der Waals surface area contributed by atoms with Crippen LogP contribution in [-0.2, 0) is 4.79 Å². The number of rotatable bonds is 5. The van der Waals surface area contributed by atoms with Gasteiger partial charge in [0.15, 0.2) is 0 Å². The van der Waals surface area contributed by atoms with Crippen molar-refractivity contribution < 1.29 is 14.6 Å². The number of nitrogens with one attached hydrogen (secondary N) is 1. The van der Waals surface area contributed by atoms with Crippen molar-refractivity contribution in [1.29, 1.82) is 0 Å². The van der Waals surface area contributed by atoms with E-state index in [2.05, 4.69) is 5.32 Å². The summed E-state index contributed by atoms with van der Waals surface area (Å²) in [5.41, 5.74) is -0.259. The van der Waals surface area contributed by atoms with Crippen molar-refractivity contribution in [2.45, 2.75) is 44.6 Å². The Morgan fingerprint density at radius 3 is 2.80 bits per heavy atom. The van der Waals surface area contributed by atoms with Crippen LogP contribution in [0, 0.1) is 0 Å². The molecule has 1 fully saturated rings. The van der Waals surface area contributed by atoms with Crippen LogP contribution < -0.4 is 10.1 Å². The smallest absolute Gasteiger partial charge is 0.227 e. The summed E-state index contributed by atoms with van der Waals surface area (Å²) in [6.07, 6.45) is 3.48. The molecule has 20 heavy (non-hydrogen) atoms. The summed E-state index contributed by atoms with van der Waals surface area (Å²) in [6.45, 7) is 2.36. The molecule has 0 atom stereocenters. The highest BCUT2D eigenvalue weighted by atomic mass is 35.5. The van der Waals surface area contributed by atoms with E-state index in [0.717, 1.165) is 12.8 Å². The maximum absolute atomic E-state index is 12.1. The van der Waals surface area contributed by atoms with E-state index in [0.29, 0.717) is 35.9 Å². The molecule has 1 saturated carbocycles. The van der Waals surface area contributed by atoms with Crippen molar-refractivity contribution in [3.63, 3.8) is 0 Å². The summed E-state index contributed by atoms with van der Waals surface area (Å²) in [6, 6.07) is 5.08. The molecule has 0 aliphatic heterocycles. The molecule has 4 nitrogen and oxygen atoms in total. The van der Waals surface area contributed by atoms with Crippen LogP contribution in [0.4, 0.5) is 5.69 Å². The average Bonchev–Trinajstić information content (AvgIpc) is 2.79. The van der Waals surface area contributed by atoms with E-state index in [1.807, 2.05) is 6.92 Å². The third-order valence-electron chi connectivity index (χ3n) is 3.54. The fraction of sp³-hybridized carbons (Fsp3) is 0.533. The standard InChI is InChI=1S/C15H20ClNO3/c1-2-20-13-9-11(16)5-6-12(13)17-14(18)10-15(19)7-3-4-8-15/h5-6,9,19H,2-4,7-8,10H2,1H3,(H,17,18). The van der Waals surface area contributed by atoms with Crippen molar-refractivity contribution in [3.8, 4) is 5.75 Å². The summed E-state index contributed by atoms with van der Waals surface area (Å²) in [5, 5.41) is 13.6. The van der Waals surface area contributed by atoms with Gasteiger partial charge in [-0.1, -0.05) is 24.4 Å². The van der Waals surface area contributed by atoms with Gasteiger partial charge in [0.05, 0.1) is 24.3 Å². The molecule has 2 rings (SSSR count). The largest absolute Gasteiger partial charge is 0.492 e. The number of aliphatic hydroxyl groups is 1. The number of hydrogen-bond donors (Lipinski definition) is 2. The number of amides is 1. The Morgan fingerprint density at radius 2 is 2.15 bits per heavy atom. The zero-order valence-electron chi connectivity index (χ0n) is 11.6. The van der Waals surface area contributed by atoms with Gasteiger partial charge in [-0.15, -0.1) is 0 Å². The van der Waals surface area contributed by atoms with E-state index in [4.69, 9.17) is 16.3 Å². The van der Waals surface area contributed by atoms with Gasteiger partial charge in [0.1, 0.15) is 5.75 Å². The lowest BCUT2D eigenvalue weighted by Gasteiger charge is -2.21. The number of carbonyl (C=O) groups excluding carboxylic acids is 1. The maximum Gasteiger partial charge on any atom is 0.227 e. The normalized spacial score (nSPS) is 16.9. The lowest BCUT2D eigenvalue weighted by molar-refractivity contribution is -0.120. The third-order valence-corrected chi connectivity index (χ3v) is 3.78. The minimum Gasteiger partial charge on any atom is -0.492 e. The van der Waals surface area contributed by atoms with Crippen LogP contribution in [-0.4, -0.2) is 23.2 Å². The Bertz CT molecular complexity index is 484. The number of benzene rings is 1. The summed E-state index contributed by atoms with van der Waals surface area (Å²) in [7, 11) is 0. The predicted molar refractivity (Wildman–Crippen MR) is 79.3 cm³/mol. The average molecular weight is 298 g/mol. The quantitative estimate of drug-likeness (QED) is 0.876. The van der Waals surface area contributed by atoms with Gasteiger partial charge in [0, 0.05) is 11.1 Å². The van der Waals surface area contributed by atoms with Crippen LogP contribution in [0.1, 0.15) is 39.0 Å². The molecule has 0 unspecified atom stereocenters. The van der Waals surface area contributed by atoms with E-state index in [1.165, 1.54) is 0 Å². The van der Waals surface area contributed by atoms with E-state index >= 15 is 0 Å². The van der Waals surface area contributed by atoms with Crippen LogP contribution in [0.25, 0.3) is 0 Å². The molecule has 1 aliphatic carbocycles. The molecule has 2 N–H and O–H groups in total. The Morgan fingerprint density at radius 1 is 1.45 bits per heavy atom. The molecule has 0 bridgehead atoms. The molecule has 0 radical (unpaired) electrons. The van der Waals surface area contributed by atoms with Gasteiger partial charge in [0.25, 0.3) is 0 Å². The minimum atomic E-state index is -0.845. The Labute approximate surface area is 124 Å². The molecule has 1 aromatic rings. The van der Waals surface area contributed by atoms with E-state index < -0.39 is 5.60 Å². The molecular formula is C15H20ClNO3. The zero-order valence-corrected chi connectivity index (χ0v) is 12.4. The molecule has 0 heterocycles. The maximum atomic E-state index is 12.1. The molecule has 110 valence electrons. The molecular weight excluding hydrogens is 278 g/mol. The highest BCUT2D eigenvalue weighted by Gasteiger charge is 2.33. The monoisotopic (exact) mass is 297 g/mol. The zero-order chi connectivity index (χ0) is 14.6. The van der Waals surface area contributed by atoms with E-state index in [9.17, 15) is 9.90 Å². The first-order chi connectivity index (χ1) is 9.52. The van der Waals surface area contributed by atoms with Gasteiger partial charge in [0.2, 0.25) is 5.91 Å². The van der Waals surface area contributed by atoms with Crippen molar-refractivity contribution in [2.75, 3.05) is 11.9 Å². The predicted octanol–water partition coefficient (Wildman–Crippen LogP) is 3.37. The van der Waals surface area contributed by atoms with Gasteiger partial charge in [-0.2, -0.15) is 0 Å². The fourth-order valence-corrected chi connectivity index (χ4v) is 2.74. The Balaban J connectivity index is 2.03. The summed E-state index contributed by atoms with van der Waals surface area (Å²) >= 11 is 5.92. The number of anilines is 1. The molecule has 0 saturated heterocycles. The highest BCUT2D eigenvalue weighted by molar-refractivity contribution is 6.30. The SMILES string of the molecule is CCOc1cc(Cl)ccc1NC(=O)CC1(O)CCCC1. The second kappa shape index (κ2) is 6.46. The second-order valence-corrected chi connectivity index (χ2v) is 5.67. The Hall–Kier alpha value is -1.26. The topological polar surface area (TPSA) is 58.6 Å². The van der Waals surface area contributed by atoms with Gasteiger partial charge < -0.3 is 15.2 Å². The summed E-state index contributed by atoms with van der Waals surface area (Å²) in [5.74, 6) is 0.351. The van der Waals surface area contributed by atoms with Gasteiger partial charge in [-0.25, -0.2) is 0 Å². The molecule has 1 aliphatic rings. The first-order valence-electron chi connectivity index (χ1n) is 6.97. The van der Waals surface area contributed by atoms with Crippen molar-refractivity contribution in [1.82, 2.24) is 0 Å². The minimum absolute atomic E-state index is 0.126. The second-order valence-electron chi connectivity index (χ2n) is 5.23. The van der Waals surface area contributed by atoms with Gasteiger partial charge in [-0.3, -0.25) is 4.79 Å². The van der Waals surface area contributed by atoms with Crippen molar-refractivity contribution in [2.24, 2.45) is 0 Å². The van der Waals surface area contributed by atoms with E-state index in [-0.39, 0.29) is 12.3 Å². The van der Waals surface area contributed by atoms with Crippen LogP contribution in [0.5, 0.6) is 5.75 Å². The van der Waals surface area contributed by atoms with Gasteiger partial charge in [-0.05, 0) is 31.9 Å². The van der Waals surface area contributed by atoms with Crippen LogP contribution >= 0.6 is 11.6 Å². The number of carbonyl (C=O) groups is 1. The molecule has 1 amide bonds. The van der Waals surface area contributed by atoms with Crippen LogP contribution in [0.2, 0.25) is 5.02 Å². The van der Waals surface area contributed by atoms with Crippen molar-refractivity contribution >= 4 is 23.2 Å². The molecule has 1 aromatic carbocycles. The third kappa shape index (κ3) is 3.87. The van der Waals surface area contributed by atoms with Crippen LogP contribution in [0.3, 0.4) is 0 Å². The Kier molecular flexibility index (Phi) is 4.89. The number of halogens is 1. The first kappa shape index (κ1) is 15.1. The van der Waals surface area contributed by atoms with Crippen LogP contribution in [0.15, 0.2) is 18.2 Å². The highest BCUT2D eigenvalue weighted by Crippen LogP contribution is 2.33. The first-order valence-corrected chi connectivity index (χ1v) is 7.35. The molecule has 5 heteroatoms. The lowest BCUT2D eigenvalue weighted by Crippen LogP contribution is -2.30. The van der Waals surface area contributed by atoms with Crippen molar-refractivity contribution in [3.05, 3.63) is 23.2 Å². The lowest BCUT2D eigenvalue weighted by atomic mass is 9.97. The number of hydrogen-bond acceptors (Lipinski definition) is 3. The summed E-state index contributed by atoms with van der Waals surface area (Å²) in [4.78, 5) is 12.1. The molecule has 0 spiro atoms. The van der Waals surface area contributed by atoms with E-state index in [1.54, 1.807) is 18.2 Å². The summed E-state index contributed by atoms with van der Waals surface area (Å²) < 4.78 is 5.45. The van der Waals surface area contributed by atoms with Gasteiger partial charge >= 0.3 is 0 Å².